The Bertz CT molecular complexity index is 745. The van der Waals surface area contributed by atoms with Crippen molar-refractivity contribution in [3.05, 3.63) is 58.1 Å². The van der Waals surface area contributed by atoms with Crippen LogP contribution in [0.25, 0.3) is 16.8 Å². The molecule has 3 aromatic rings. The van der Waals surface area contributed by atoms with Crippen LogP contribution in [-0.2, 0) is 0 Å². The third-order valence-electron chi connectivity index (χ3n) is 2.53. The number of aromatic amines is 1. The fourth-order valence-corrected chi connectivity index (χ4v) is 1.98. The number of fused-ring (bicyclic) bond motifs is 1. The van der Waals surface area contributed by atoms with Gasteiger partial charge < -0.3 is 0 Å². The Morgan fingerprint density at radius 2 is 2.12 bits per heavy atom. The highest BCUT2D eigenvalue weighted by Crippen LogP contribution is 2.26. The minimum atomic E-state index is -0.172. The summed E-state index contributed by atoms with van der Waals surface area (Å²) in [5.74, 6) is 0. The molecule has 0 saturated heterocycles. The van der Waals surface area contributed by atoms with Crippen LogP contribution < -0.4 is 5.56 Å². The van der Waals surface area contributed by atoms with Gasteiger partial charge in [0.15, 0.2) is 5.65 Å². The molecule has 0 fully saturated rings. The van der Waals surface area contributed by atoms with E-state index >= 15 is 0 Å². The lowest BCUT2D eigenvalue weighted by Crippen LogP contribution is -1.98. The highest BCUT2D eigenvalue weighted by atomic mass is 35.5. The SMILES string of the molecule is O=c1cc2ncc(-c3ccccc3Cl)cn2[nH]1. The van der Waals surface area contributed by atoms with E-state index in [1.807, 2.05) is 24.3 Å². The average molecular weight is 246 g/mol. The monoisotopic (exact) mass is 245 g/mol. The molecule has 0 amide bonds. The van der Waals surface area contributed by atoms with Crippen LogP contribution in [0.4, 0.5) is 0 Å². The van der Waals surface area contributed by atoms with E-state index in [0.29, 0.717) is 10.7 Å². The number of nitrogens with one attached hydrogen (secondary N) is 1. The maximum absolute atomic E-state index is 11.2. The number of halogens is 1. The molecule has 0 aliphatic rings. The molecule has 0 aliphatic heterocycles. The van der Waals surface area contributed by atoms with Gasteiger partial charge in [0.25, 0.3) is 5.56 Å². The molecule has 2 aromatic heterocycles. The molecule has 1 aromatic carbocycles. The summed E-state index contributed by atoms with van der Waals surface area (Å²) in [5, 5.41) is 3.30. The van der Waals surface area contributed by atoms with Gasteiger partial charge in [0.05, 0.1) is 0 Å². The lowest BCUT2D eigenvalue weighted by Gasteiger charge is -2.04. The van der Waals surface area contributed by atoms with E-state index < -0.39 is 0 Å². The van der Waals surface area contributed by atoms with Gasteiger partial charge >= 0.3 is 0 Å². The highest BCUT2D eigenvalue weighted by Gasteiger charge is 2.05. The van der Waals surface area contributed by atoms with Crippen molar-refractivity contribution in [2.45, 2.75) is 0 Å². The second kappa shape index (κ2) is 3.75. The fraction of sp³-hybridized carbons (Fsp3) is 0. The smallest absolute Gasteiger partial charge is 0.266 e. The molecule has 0 radical (unpaired) electrons. The van der Waals surface area contributed by atoms with Crippen LogP contribution in [0.5, 0.6) is 0 Å². The molecule has 1 N–H and O–H groups in total. The molecule has 4 nitrogen and oxygen atoms in total. The van der Waals surface area contributed by atoms with Crippen LogP contribution in [-0.4, -0.2) is 14.6 Å². The third-order valence-corrected chi connectivity index (χ3v) is 2.86. The number of aromatic nitrogens is 3. The summed E-state index contributed by atoms with van der Waals surface area (Å²) in [6, 6.07) is 8.95. The zero-order valence-electron chi connectivity index (χ0n) is 8.72. The quantitative estimate of drug-likeness (QED) is 0.715. The maximum atomic E-state index is 11.2. The van der Waals surface area contributed by atoms with Crippen LogP contribution in [0, 0.1) is 0 Å². The summed E-state index contributed by atoms with van der Waals surface area (Å²) in [7, 11) is 0. The number of hydrogen-bond acceptors (Lipinski definition) is 2. The molecule has 0 saturated carbocycles. The van der Waals surface area contributed by atoms with Crippen LogP contribution in [0.15, 0.2) is 47.5 Å². The Balaban J connectivity index is 2.24. The van der Waals surface area contributed by atoms with Crippen molar-refractivity contribution >= 4 is 17.2 Å². The van der Waals surface area contributed by atoms with Crippen molar-refractivity contribution in [3.63, 3.8) is 0 Å². The summed E-state index contributed by atoms with van der Waals surface area (Å²) in [5.41, 5.74) is 2.16. The molecule has 3 rings (SSSR count). The van der Waals surface area contributed by atoms with E-state index in [0.717, 1.165) is 11.1 Å². The van der Waals surface area contributed by atoms with Gasteiger partial charge in [-0.25, -0.2) is 9.50 Å². The van der Waals surface area contributed by atoms with Crippen molar-refractivity contribution < 1.29 is 0 Å². The highest BCUT2D eigenvalue weighted by molar-refractivity contribution is 6.33. The van der Waals surface area contributed by atoms with Gasteiger partial charge in [-0.2, -0.15) is 0 Å². The van der Waals surface area contributed by atoms with Gasteiger partial charge in [-0.3, -0.25) is 9.89 Å². The predicted octanol–water partition coefficient (Wildman–Crippen LogP) is 2.34. The molecule has 0 bridgehead atoms. The van der Waals surface area contributed by atoms with Crippen LogP contribution in [0.1, 0.15) is 0 Å². The van der Waals surface area contributed by atoms with Crippen molar-refractivity contribution in [2.75, 3.05) is 0 Å². The molecular formula is C12H8ClN3O. The van der Waals surface area contributed by atoms with Gasteiger partial charge in [-0.15, -0.1) is 0 Å². The molecule has 17 heavy (non-hydrogen) atoms. The van der Waals surface area contributed by atoms with Crippen LogP contribution in [0.3, 0.4) is 0 Å². The topological polar surface area (TPSA) is 50.2 Å². The van der Waals surface area contributed by atoms with Gasteiger partial charge in [-0.1, -0.05) is 29.8 Å². The molecule has 0 unspecified atom stereocenters. The Kier molecular flexibility index (Phi) is 2.23. The first-order valence-electron chi connectivity index (χ1n) is 5.06. The number of H-pyrrole nitrogens is 1. The largest absolute Gasteiger partial charge is 0.268 e. The van der Waals surface area contributed by atoms with E-state index in [9.17, 15) is 4.79 Å². The van der Waals surface area contributed by atoms with Gasteiger partial charge in [0.2, 0.25) is 0 Å². The molecular weight excluding hydrogens is 238 g/mol. The normalized spacial score (nSPS) is 10.9. The number of benzene rings is 1. The third kappa shape index (κ3) is 1.72. The lowest BCUT2D eigenvalue weighted by molar-refractivity contribution is 0.921. The molecule has 2 heterocycles. The molecule has 84 valence electrons. The van der Waals surface area contributed by atoms with E-state index in [4.69, 9.17) is 11.6 Å². The predicted molar refractivity (Wildman–Crippen MR) is 66.3 cm³/mol. The van der Waals surface area contributed by atoms with Crippen molar-refractivity contribution in [1.29, 1.82) is 0 Å². The first-order valence-corrected chi connectivity index (χ1v) is 5.44. The molecule has 0 spiro atoms. The van der Waals surface area contributed by atoms with Crippen molar-refractivity contribution in [1.82, 2.24) is 14.6 Å². The Labute approximate surface area is 101 Å². The summed E-state index contributed by atoms with van der Waals surface area (Å²) < 4.78 is 1.58. The van der Waals surface area contributed by atoms with E-state index in [1.54, 1.807) is 16.9 Å². The zero-order chi connectivity index (χ0) is 11.8. The number of rotatable bonds is 1. The van der Waals surface area contributed by atoms with Crippen LogP contribution >= 0.6 is 11.6 Å². The summed E-state index contributed by atoms with van der Waals surface area (Å²) in [4.78, 5) is 15.4. The molecule has 0 aliphatic carbocycles. The second-order valence-electron chi connectivity index (χ2n) is 3.67. The Hall–Kier alpha value is -2.07. The second-order valence-corrected chi connectivity index (χ2v) is 4.08. The first kappa shape index (κ1) is 10.1. The first-order chi connectivity index (χ1) is 8.24. The van der Waals surface area contributed by atoms with Gasteiger partial charge in [0, 0.05) is 34.6 Å². The minimum absolute atomic E-state index is 0.172. The molecule has 5 heteroatoms. The van der Waals surface area contributed by atoms with Gasteiger partial charge in [0.1, 0.15) is 0 Å². The maximum Gasteiger partial charge on any atom is 0.266 e. The van der Waals surface area contributed by atoms with Gasteiger partial charge in [-0.05, 0) is 6.07 Å². The molecule has 0 atom stereocenters. The zero-order valence-corrected chi connectivity index (χ0v) is 9.48. The number of hydrogen-bond donors (Lipinski definition) is 1. The Morgan fingerprint density at radius 3 is 2.94 bits per heavy atom. The van der Waals surface area contributed by atoms with E-state index in [2.05, 4.69) is 10.1 Å². The van der Waals surface area contributed by atoms with E-state index in [-0.39, 0.29) is 5.56 Å². The summed E-state index contributed by atoms with van der Waals surface area (Å²) >= 11 is 6.11. The summed E-state index contributed by atoms with van der Waals surface area (Å²) in [6.45, 7) is 0. The number of nitrogens with zero attached hydrogens (tertiary/aromatic N) is 2. The van der Waals surface area contributed by atoms with Crippen molar-refractivity contribution in [3.8, 4) is 11.1 Å². The fourth-order valence-electron chi connectivity index (χ4n) is 1.74. The lowest BCUT2D eigenvalue weighted by atomic mass is 10.1. The average Bonchev–Trinajstić information content (AvgIpc) is 2.68. The van der Waals surface area contributed by atoms with Crippen LogP contribution in [0.2, 0.25) is 5.02 Å². The standard InChI is InChI=1S/C12H8ClN3O/c13-10-4-2-1-3-9(10)8-6-14-11-5-12(17)15-16(11)7-8/h1-7H,(H,15,17). The van der Waals surface area contributed by atoms with E-state index in [1.165, 1.54) is 6.07 Å². The minimum Gasteiger partial charge on any atom is -0.268 e. The Morgan fingerprint density at radius 1 is 1.29 bits per heavy atom. The summed E-state index contributed by atoms with van der Waals surface area (Å²) in [6.07, 6.45) is 3.49. The van der Waals surface area contributed by atoms with Crippen molar-refractivity contribution in [2.24, 2.45) is 0 Å².